The number of piperazine rings is 1. The fourth-order valence-electron chi connectivity index (χ4n) is 5.43. The van der Waals surface area contributed by atoms with E-state index in [1.54, 1.807) is 11.3 Å². The number of aromatic nitrogens is 1. The Bertz CT molecular complexity index is 1470. The van der Waals surface area contributed by atoms with Crippen LogP contribution in [-0.2, 0) is 4.79 Å². The van der Waals surface area contributed by atoms with Crippen molar-refractivity contribution in [1.29, 1.82) is 0 Å². The first kappa shape index (κ1) is 24.4. The third-order valence-corrected chi connectivity index (χ3v) is 8.47. The zero-order chi connectivity index (χ0) is 25.9. The summed E-state index contributed by atoms with van der Waals surface area (Å²) in [4.78, 5) is 25.0. The van der Waals surface area contributed by atoms with E-state index in [1.807, 2.05) is 23.2 Å². The molecule has 4 aromatic rings. The van der Waals surface area contributed by atoms with E-state index < -0.39 is 0 Å². The molecule has 1 unspecified atom stereocenters. The van der Waals surface area contributed by atoms with Gasteiger partial charge in [0.15, 0.2) is 0 Å². The zero-order valence-corrected chi connectivity index (χ0v) is 22.5. The standard InChI is InChI=1S/C32H32N4OS/c1-24-12-13-27(25-8-4-2-5-9-25)22-29(26-10-6-3-7-11-26)36(24)23-31(37)34-17-19-35(20-18-34)32-28-15-21-38-30(28)14-16-33-32/h2-11,13-16,21-22,24H,12,17-20,23H2,1H3. The Morgan fingerprint density at radius 3 is 2.37 bits per heavy atom. The number of carbonyl (C=O) groups excluding carboxylic acids is 1. The molecule has 0 aliphatic carbocycles. The van der Waals surface area contributed by atoms with Crippen LogP contribution in [0.4, 0.5) is 5.82 Å². The highest BCUT2D eigenvalue weighted by Crippen LogP contribution is 2.32. The highest BCUT2D eigenvalue weighted by Gasteiger charge is 2.28. The Labute approximate surface area is 228 Å². The van der Waals surface area contributed by atoms with Gasteiger partial charge in [-0.15, -0.1) is 11.3 Å². The molecule has 0 N–H and O–H groups in total. The van der Waals surface area contributed by atoms with Crippen LogP contribution in [0.2, 0.25) is 0 Å². The second kappa shape index (κ2) is 10.8. The SMILES string of the molecule is CC1CC=C(c2ccccc2)C=C(c2ccccc2)N1CC(=O)N1CCN(c2nccc3sccc23)CC1. The normalized spacial score (nSPS) is 18.2. The lowest BCUT2D eigenvalue weighted by atomic mass is 10.0. The fraction of sp³-hybridized carbons (Fsp3) is 0.250. The van der Waals surface area contributed by atoms with Crippen molar-refractivity contribution in [3.63, 3.8) is 0 Å². The molecule has 2 aliphatic heterocycles. The average molecular weight is 521 g/mol. The van der Waals surface area contributed by atoms with E-state index in [1.165, 1.54) is 21.2 Å². The summed E-state index contributed by atoms with van der Waals surface area (Å²) in [5, 5.41) is 3.32. The highest BCUT2D eigenvalue weighted by atomic mass is 32.1. The Kier molecular flexibility index (Phi) is 6.97. The lowest BCUT2D eigenvalue weighted by Crippen LogP contribution is -2.52. The van der Waals surface area contributed by atoms with Crippen LogP contribution < -0.4 is 4.90 Å². The van der Waals surface area contributed by atoms with Crippen LogP contribution in [-0.4, -0.2) is 59.5 Å². The smallest absolute Gasteiger partial charge is 0.242 e. The number of rotatable bonds is 5. The lowest BCUT2D eigenvalue weighted by Gasteiger charge is -2.38. The van der Waals surface area contributed by atoms with E-state index in [0.717, 1.165) is 36.6 Å². The number of pyridine rings is 1. The maximum absolute atomic E-state index is 13.7. The molecule has 0 spiro atoms. The van der Waals surface area contributed by atoms with Gasteiger partial charge >= 0.3 is 0 Å². The number of hydrogen-bond acceptors (Lipinski definition) is 5. The molecule has 2 aromatic carbocycles. The van der Waals surface area contributed by atoms with Gasteiger partial charge in [-0.3, -0.25) is 4.79 Å². The molecule has 1 amide bonds. The van der Waals surface area contributed by atoms with Gasteiger partial charge in [-0.25, -0.2) is 4.98 Å². The molecule has 4 heterocycles. The van der Waals surface area contributed by atoms with E-state index in [9.17, 15) is 4.79 Å². The molecule has 2 aromatic heterocycles. The average Bonchev–Trinajstić information content (AvgIpc) is 3.40. The number of fused-ring (bicyclic) bond motifs is 1. The van der Waals surface area contributed by atoms with E-state index in [4.69, 9.17) is 0 Å². The summed E-state index contributed by atoms with van der Waals surface area (Å²) >= 11 is 1.74. The second-order valence-corrected chi connectivity index (χ2v) is 10.9. The van der Waals surface area contributed by atoms with Crippen LogP contribution in [0, 0.1) is 0 Å². The van der Waals surface area contributed by atoms with E-state index in [2.05, 4.69) is 99.9 Å². The maximum Gasteiger partial charge on any atom is 0.242 e. The first-order valence-corrected chi connectivity index (χ1v) is 14.2. The summed E-state index contributed by atoms with van der Waals surface area (Å²) in [6.07, 6.45) is 7.34. The summed E-state index contributed by atoms with van der Waals surface area (Å²) in [7, 11) is 0. The molecule has 6 heteroatoms. The van der Waals surface area contributed by atoms with Crippen LogP contribution in [0.1, 0.15) is 24.5 Å². The molecule has 0 saturated carbocycles. The molecule has 1 fully saturated rings. The van der Waals surface area contributed by atoms with Gasteiger partial charge in [0.05, 0.1) is 6.54 Å². The Morgan fingerprint density at radius 1 is 0.921 bits per heavy atom. The number of nitrogens with zero attached hydrogens (tertiary/aromatic N) is 4. The topological polar surface area (TPSA) is 39.7 Å². The first-order valence-electron chi connectivity index (χ1n) is 13.3. The zero-order valence-electron chi connectivity index (χ0n) is 21.7. The van der Waals surface area contributed by atoms with Crippen molar-refractivity contribution in [2.24, 2.45) is 0 Å². The molecular formula is C32H32N4OS. The number of thiophene rings is 1. The minimum atomic E-state index is 0.184. The Hall–Kier alpha value is -3.90. The number of anilines is 1. The van der Waals surface area contributed by atoms with Crippen molar-refractivity contribution in [3.8, 4) is 0 Å². The Balaban J connectivity index is 1.21. The monoisotopic (exact) mass is 520 g/mol. The van der Waals surface area contributed by atoms with Crippen molar-refractivity contribution in [2.75, 3.05) is 37.6 Å². The first-order chi connectivity index (χ1) is 18.7. The number of allylic oxidation sites excluding steroid dienone is 2. The largest absolute Gasteiger partial charge is 0.359 e. The third-order valence-electron chi connectivity index (χ3n) is 7.59. The summed E-state index contributed by atoms with van der Waals surface area (Å²) in [5.74, 6) is 1.22. The van der Waals surface area contributed by atoms with Crippen LogP contribution >= 0.6 is 11.3 Å². The minimum Gasteiger partial charge on any atom is -0.359 e. The third kappa shape index (κ3) is 4.96. The van der Waals surface area contributed by atoms with Gasteiger partial charge in [0.1, 0.15) is 5.82 Å². The van der Waals surface area contributed by atoms with E-state index >= 15 is 0 Å². The summed E-state index contributed by atoms with van der Waals surface area (Å²) in [5.41, 5.74) is 4.64. The van der Waals surface area contributed by atoms with Crippen LogP contribution in [0.3, 0.4) is 0 Å². The molecule has 0 radical (unpaired) electrons. The summed E-state index contributed by atoms with van der Waals surface area (Å²) in [6.45, 7) is 5.60. The molecule has 6 rings (SSSR count). The van der Waals surface area contributed by atoms with E-state index in [0.29, 0.717) is 19.6 Å². The van der Waals surface area contributed by atoms with Gasteiger partial charge in [-0.05, 0) is 53.6 Å². The maximum atomic E-state index is 13.7. The van der Waals surface area contributed by atoms with Gasteiger partial charge in [0.25, 0.3) is 0 Å². The molecule has 5 nitrogen and oxygen atoms in total. The number of amides is 1. The number of carbonyl (C=O) groups is 1. The van der Waals surface area contributed by atoms with Crippen molar-refractivity contribution in [1.82, 2.24) is 14.8 Å². The quantitative estimate of drug-likeness (QED) is 0.316. The van der Waals surface area contributed by atoms with Crippen molar-refractivity contribution < 1.29 is 4.79 Å². The molecule has 0 bridgehead atoms. The van der Waals surface area contributed by atoms with Crippen molar-refractivity contribution >= 4 is 44.4 Å². The van der Waals surface area contributed by atoms with Crippen LogP contribution in [0.15, 0.2) is 96.5 Å². The molecule has 38 heavy (non-hydrogen) atoms. The highest BCUT2D eigenvalue weighted by molar-refractivity contribution is 7.17. The molecule has 2 aliphatic rings. The summed E-state index contributed by atoms with van der Waals surface area (Å²) < 4.78 is 1.26. The lowest BCUT2D eigenvalue weighted by molar-refractivity contribution is -0.132. The number of benzene rings is 2. The van der Waals surface area contributed by atoms with Gasteiger partial charge in [-0.2, -0.15) is 0 Å². The number of hydrogen-bond donors (Lipinski definition) is 0. The predicted molar refractivity (Wildman–Crippen MR) is 158 cm³/mol. The van der Waals surface area contributed by atoms with Gasteiger partial charge < -0.3 is 14.7 Å². The van der Waals surface area contributed by atoms with Crippen molar-refractivity contribution in [3.05, 3.63) is 108 Å². The minimum absolute atomic E-state index is 0.184. The molecule has 192 valence electrons. The second-order valence-electron chi connectivity index (χ2n) is 9.97. The van der Waals surface area contributed by atoms with Gasteiger partial charge in [0.2, 0.25) is 5.91 Å². The molecule has 1 atom stereocenters. The van der Waals surface area contributed by atoms with Crippen LogP contribution in [0.25, 0.3) is 21.4 Å². The van der Waals surface area contributed by atoms with Crippen LogP contribution in [0.5, 0.6) is 0 Å². The molecule has 1 saturated heterocycles. The molecular weight excluding hydrogens is 488 g/mol. The van der Waals surface area contributed by atoms with Gasteiger partial charge in [0, 0.05) is 54.2 Å². The Morgan fingerprint density at radius 2 is 1.63 bits per heavy atom. The summed E-state index contributed by atoms with van der Waals surface area (Å²) in [6, 6.07) is 25.4. The fourth-order valence-corrected chi connectivity index (χ4v) is 6.20. The van der Waals surface area contributed by atoms with Crippen molar-refractivity contribution in [2.45, 2.75) is 19.4 Å². The predicted octanol–water partition coefficient (Wildman–Crippen LogP) is 6.16. The van der Waals surface area contributed by atoms with Gasteiger partial charge in [-0.1, -0.05) is 66.7 Å². The van der Waals surface area contributed by atoms with E-state index in [-0.39, 0.29) is 11.9 Å².